The monoisotopic (exact) mass is 225 g/mol. The SMILES string of the molecule is [CH2]CCC(CC)C(CCC)CCCCCC. The Bertz CT molecular complexity index is 128. The van der Waals surface area contributed by atoms with E-state index in [0.29, 0.717) is 0 Å². The first-order valence-electron chi connectivity index (χ1n) is 7.59. The fraction of sp³-hybridized carbons (Fsp3) is 0.938. The highest BCUT2D eigenvalue weighted by Crippen LogP contribution is 2.29. The molecule has 0 rings (SSSR count). The lowest BCUT2D eigenvalue weighted by Gasteiger charge is -2.25. The van der Waals surface area contributed by atoms with Crippen LogP contribution >= 0.6 is 0 Å². The zero-order valence-electron chi connectivity index (χ0n) is 11.9. The minimum Gasteiger partial charge on any atom is -0.0654 e. The molecule has 0 nitrogen and oxygen atoms in total. The van der Waals surface area contributed by atoms with Crippen LogP contribution in [0.2, 0.25) is 0 Å². The van der Waals surface area contributed by atoms with Crippen LogP contribution in [-0.4, -0.2) is 0 Å². The van der Waals surface area contributed by atoms with E-state index in [-0.39, 0.29) is 0 Å². The summed E-state index contributed by atoms with van der Waals surface area (Å²) < 4.78 is 0. The van der Waals surface area contributed by atoms with Gasteiger partial charge in [0.05, 0.1) is 0 Å². The Labute approximate surface area is 104 Å². The van der Waals surface area contributed by atoms with Crippen LogP contribution in [-0.2, 0) is 0 Å². The van der Waals surface area contributed by atoms with E-state index in [2.05, 4.69) is 27.7 Å². The van der Waals surface area contributed by atoms with E-state index in [4.69, 9.17) is 0 Å². The molecule has 0 aromatic carbocycles. The summed E-state index contributed by atoms with van der Waals surface area (Å²) in [5.41, 5.74) is 0. The summed E-state index contributed by atoms with van der Waals surface area (Å²) in [5.74, 6) is 1.92. The van der Waals surface area contributed by atoms with Crippen molar-refractivity contribution < 1.29 is 0 Å². The highest BCUT2D eigenvalue weighted by Gasteiger charge is 2.17. The first kappa shape index (κ1) is 16.0. The summed E-state index contributed by atoms with van der Waals surface area (Å²) in [6.45, 7) is 11.0. The van der Waals surface area contributed by atoms with Crippen molar-refractivity contribution in [1.82, 2.24) is 0 Å². The molecule has 0 N–H and O–H groups in total. The van der Waals surface area contributed by atoms with E-state index in [9.17, 15) is 0 Å². The second-order valence-electron chi connectivity index (χ2n) is 5.21. The molecule has 0 aliphatic heterocycles. The van der Waals surface area contributed by atoms with Gasteiger partial charge < -0.3 is 0 Å². The van der Waals surface area contributed by atoms with Crippen molar-refractivity contribution in [2.75, 3.05) is 0 Å². The lowest BCUT2D eigenvalue weighted by Crippen LogP contribution is -2.14. The van der Waals surface area contributed by atoms with Gasteiger partial charge in [-0.2, -0.15) is 0 Å². The van der Waals surface area contributed by atoms with Gasteiger partial charge in [-0.05, 0) is 11.8 Å². The average Bonchev–Trinajstić information content (AvgIpc) is 2.30. The second kappa shape index (κ2) is 11.5. The lowest BCUT2D eigenvalue weighted by molar-refractivity contribution is 0.261. The van der Waals surface area contributed by atoms with E-state index in [1.54, 1.807) is 0 Å². The van der Waals surface area contributed by atoms with Crippen molar-refractivity contribution in [2.24, 2.45) is 11.8 Å². The molecule has 0 aliphatic carbocycles. The van der Waals surface area contributed by atoms with Crippen LogP contribution in [0.4, 0.5) is 0 Å². The van der Waals surface area contributed by atoms with Crippen molar-refractivity contribution in [3.63, 3.8) is 0 Å². The predicted molar refractivity (Wildman–Crippen MR) is 75.5 cm³/mol. The van der Waals surface area contributed by atoms with E-state index in [1.807, 2.05) is 0 Å². The molecule has 2 unspecified atom stereocenters. The van der Waals surface area contributed by atoms with E-state index in [1.165, 1.54) is 57.8 Å². The molecule has 0 heteroatoms. The maximum atomic E-state index is 4.03. The molecule has 0 fully saturated rings. The van der Waals surface area contributed by atoms with Gasteiger partial charge in [-0.15, -0.1) is 0 Å². The van der Waals surface area contributed by atoms with Crippen LogP contribution in [0.3, 0.4) is 0 Å². The van der Waals surface area contributed by atoms with Gasteiger partial charge in [-0.25, -0.2) is 0 Å². The number of hydrogen-bond acceptors (Lipinski definition) is 0. The summed E-state index contributed by atoms with van der Waals surface area (Å²) in [4.78, 5) is 0. The topological polar surface area (TPSA) is 0 Å². The van der Waals surface area contributed by atoms with Crippen LogP contribution < -0.4 is 0 Å². The molecular weight excluding hydrogens is 192 g/mol. The van der Waals surface area contributed by atoms with Gasteiger partial charge in [-0.3, -0.25) is 0 Å². The Hall–Kier alpha value is 0. The van der Waals surface area contributed by atoms with Crippen LogP contribution in [0.5, 0.6) is 0 Å². The highest BCUT2D eigenvalue weighted by atomic mass is 14.2. The van der Waals surface area contributed by atoms with Crippen LogP contribution in [0.15, 0.2) is 0 Å². The Kier molecular flexibility index (Phi) is 11.5. The zero-order chi connectivity index (χ0) is 12.2. The largest absolute Gasteiger partial charge is 0.0654 e. The first-order chi connectivity index (χ1) is 7.79. The number of hydrogen-bond donors (Lipinski definition) is 0. The maximum Gasteiger partial charge on any atom is -0.0386 e. The highest BCUT2D eigenvalue weighted by molar-refractivity contribution is 4.70. The molecule has 2 atom stereocenters. The van der Waals surface area contributed by atoms with E-state index in [0.717, 1.165) is 18.3 Å². The Morgan fingerprint density at radius 2 is 1.50 bits per heavy atom. The third kappa shape index (κ3) is 7.30. The second-order valence-corrected chi connectivity index (χ2v) is 5.21. The Morgan fingerprint density at radius 3 is 2.00 bits per heavy atom. The average molecular weight is 225 g/mol. The quantitative estimate of drug-likeness (QED) is 0.377. The fourth-order valence-electron chi connectivity index (χ4n) is 2.86. The van der Waals surface area contributed by atoms with Gasteiger partial charge in [0.15, 0.2) is 0 Å². The Morgan fingerprint density at radius 1 is 0.750 bits per heavy atom. The van der Waals surface area contributed by atoms with Gasteiger partial charge in [-0.1, -0.05) is 91.9 Å². The summed E-state index contributed by atoms with van der Waals surface area (Å²) in [6.07, 6.45) is 13.7. The fourth-order valence-corrected chi connectivity index (χ4v) is 2.86. The van der Waals surface area contributed by atoms with Gasteiger partial charge in [0.2, 0.25) is 0 Å². The standard InChI is InChI=1S/C16H33/c1-5-9-10-11-14-16(13-7-3)15(8-4)12-6-2/h15-16H,2,5-14H2,1,3-4H3. The van der Waals surface area contributed by atoms with Crippen LogP contribution in [0.1, 0.15) is 85.0 Å². The van der Waals surface area contributed by atoms with Gasteiger partial charge in [0.1, 0.15) is 0 Å². The zero-order valence-corrected chi connectivity index (χ0v) is 11.9. The molecule has 16 heavy (non-hydrogen) atoms. The van der Waals surface area contributed by atoms with Gasteiger partial charge in [0.25, 0.3) is 0 Å². The maximum absolute atomic E-state index is 4.03. The molecule has 0 amide bonds. The van der Waals surface area contributed by atoms with Crippen molar-refractivity contribution >= 4 is 0 Å². The minimum atomic E-state index is 0.944. The minimum absolute atomic E-state index is 0.944. The molecular formula is C16H33. The summed E-state index contributed by atoms with van der Waals surface area (Å²) >= 11 is 0. The molecule has 0 saturated carbocycles. The first-order valence-corrected chi connectivity index (χ1v) is 7.59. The normalized spacial score (nSPS) is 15.0. The summed E-state index contributed by atoms with van der Waals surface area (Å²) in [7, 11) is 0. The molecule has 0 spiro atoms. The summed E-state index contributed by atoms with van der Waals surface area (Å²) in [5, 5.41) is 0. The number of rotatable bonds is 11. The third-order valence-corrected chi connectivity index (χ3v) is 3.85. The van der Waals surface area contributed by atoms with Crippen molar-refractivity contribution in [3.8, 4) is 0 Å². The molecule has 0 aromatic rings. The molecule has 0 aromatic heterocycles. The van der Waals surface area contributed by atoms with E-state index < -0.39 is 0 Å². The van der Waals surface area contributed by atoms with E-state index >= 15 is 0 Å². The molecule has 1 radical (unpaired) electrons. The molecule has 0 bridgehead atoms. The van der Waals surface area contributed by atoms with Gasteiger partial charge >= 0.3 is 0 Å². The summed E-state index contributed by atoms with van der Waals surface area (Å²) in [6, 6.07) is 0. The predicted octanol–water partition coefficient (Wildman–Crippen LogP) is 6.01. The lowest BCUT2D eigenvalue weighted by atomic mass is 9.80. The van der Waals surface area contributed by atoms with Gasteiger partial charge in [0, 0.05) is 0 Å². The van der Waals surface area contributed by atoms with Crippen molar-refractivity contribution in [2.45, 2.75) is 85.0 Å². The molecule has 0 saturated heterocycles. The smallest absolute Gasteiger partial charge is 0.0386 e. The third-order valence-electron chi connectivity index (χ3n) is 3.85. The van der Waals surface area contributed by atoms with Crippen LogP contribution in [0.25, 0.3) is 0 Å². The molecule has 0 aliphatic rings. The van der Waals surface area contributed by atoms with Crippen molar-refractivity contribution in [1.29, 1.82) is 0 Å². The molecule has 0 heterocycles. The number of unbranched alkanes of at least 4 members (excludes halogenated alkanes) is 3. The molecule has 97 valence electrons. The van der Waals surface area contributed by atoms with Crippen LogP contribution in [0, 0.1) is 18.8 Å². The van der Waals surface area contributed by atoms with Crippen molar-refractivity contribution in [3.05, 3.63) is 6.92 Å². The Balaban J connectivity index is 3.91.